The van der Waals surface area contributed by atoms with Gasteiger partial charge < -0.3 is 14.9 Å². The Bertz CT molecular complexity index is 1200. The molecule has 180 valence electrons. The van der Waals surface area contributed by atoms with Gasteiger partial charge in [-0.3, -0.25) is 9.59 Å². The third-order valence-corrected chi connectivity index (χ3v) is 11.0. The molecule has 6 heteroatoms. The van der Waals surface area contributed by atoms with E-state index in [0.717, 1.165) is 24.0 Å². The highest BCUT2D eigenvalue weighted by molar-refractivity contribution is 6.12. The number of hydrogen-bond donors (Lipinski definition) is 2. The van der Waals surface area contributed by atoms with Crippen molar-refractivity contribution in [2.45, 2.75) is 71.0 Å². The minimum Gasteiger partial charge on any atom is -0.439 e. The zero-order chi connectivity index (χ0) is 24.4. The van der Waals surface area contributed by atoms with Gasteiger partial charge in [-0.05, 0) is 82.3 Å². The van der Waals surface area contributed by atoms with Crippen LogP contribution in [0.3, 0.4) is 0 Å². The quantitative estimate of drug-likeness (QED) is 0.457. The van der Waals surface area contributed by atoms with Crippen LogP contribution in [0.15, 0.2) is 46.1 Å². The molecule has 2 N–H and O–H groups in total. The Morgan fingerprint density at radius 1 is 1.15 bits per heavy atom. The van der Waals surface area contributed by atoms with Crippen molar-refractivity contribution in [2.75, 3.05) is 6.61 Å². The molecule has 34 heavy (non-hydrogen) atoms. The normalized spacial score (nSPS) is 47.1. The first kappa shape index (κ1) is 22.2. The first-order chi connectivity index (χ1) is 16.0. The lowest BCUT2D eigenvalue weighted by atomic mass is 9.39. The zero-order valence-corrected chi connectivity index (χ0v) is 20.2. The summed E-state index contributed by atoms with van der Waals surface area (Å²) in [4.78, 5) is 40.3. The van der Waals surface area contributed by atoms with E-state index >= 15 is 0 Å². The fourth-order valence-corrected chi connectivity index (χ4v) is 9.02. The largest absolute Gasteiger partial charge is 0.439 e. The molecule has 0 aromatic carbocycles. The zero-order valence-electron chi connectivity index (χ0n) is 20.2. The Morgan fingerprint density at radius 3 is 2.53 bits per heavy atom. The molecule has 1 spiro atoms. The van der Waals surface area contributed by atoms with Crippen molar-refractivity contribution < 1.29 is 29.3 Å². The SMILES string of the molecule is CC1=C(C)C2(OC1=O)C(=O)C(CO)=C1CCC3C4CC=C5CC=CC(=O)C5(C)C4CC2(O)C13C. The van der Waals surface area contributed by atoms with Crippen LogP contribution in [-0.2, 0) is 19.1 Å². The summed E-state index contributed by atoms with van der Waals surface area (Å²) >= 11 is 0. The van der Waals surface area contributed by atoms with Crippen molar-refractivity contribution >= 4 is 17.5 Å². The van der Waals surface area contributed by atoms with Gasteiger partial charge in [-0.25, -0.2) is 4.79 Å². The Labute approximate surface area is 199 Å². The summed E-state index contributed by atoms with van der Waals surface area (Å²) in [6.45, 7) is 6.86. The predicted octanol–water partition coefficient (Wildman–Crippen LogP) is 3.14. The highest BCUT2D eigenvalue weighted by Gasteiger charge is 2.79. The van der Waals surface area contributed by atoms with Crippen LogP contribution >= 0.6 is 0 Å². The van der Waals surface area contributed by atoms with Crippen molar-refractivity contribution in [3.05, 3.63) is 46.1 Å². The number of aliphatic hydroxyl groups excluding tert-OH is 1. The Balaban J connectivity index is 1.65. The molecule has 2 saturated carbocycles. The summed E-state index contributed by atoms with van der Waals surface area (Å²) in [7, 11) is 0. The molecular formula is C28H32O6. The monoisotopic (exact) mass is 464 g/mol. The van der Waals surface area contributed by atoms with E-state index < -0.39 is 40.4 Å². The summed E-state index contributed by atoms with van der Waals surface area (Å²) in [5, 5.41) is 23.2. The van der Waals surface area contributed by atoms with Crippen molar-refractivity contribution in [2.24, 2.45) is 28.6 Å². The summed E-state index contributed by atoms with van der Waals surface area (Å²) < 4.78 is 5.92. The molecule has 1 aliphatic heterocycles. The van der Waals surface area contributed by atoms with E-state index in [0.29, 0.717) is 24.0 Å². The third-order valence-electron chi connectivity index (χ3n) is 11.0. The third kappa shape index (κ3) is 2.03. The van der Waals surface area contributed by atoms with Gasteiger partial charge >= 0.3 is 5.97 Å². The van der Waals surface area contributed by atoms with Crippen molar-refractivity contribution in [3.8, 4) is 0 Å². The molecule has 0 amide bonds. The predicted molar refractivity (Wildman–Crippen MR) is 123 cm³/mol. The van der Waals surface area contributed by atoms with Gasteiger partial charge in [-0.15, -0.1) is 0 Å². The molecule has 2 fully saturated rings. The van der Waals surface area contributed by atoms with Crippen LogP contribution in [0.1, 0.15) is 59.8 Å². The number of carbonyl (C=O) groups excluding carboxylic acids is 3. The Morgan fingerprint density at radius 2 is 1.88 bits per heavy atom. The smallest absolute Gasteiger partial charge is 0.335 e. The van der Waals surface area contributed by atoms with Crippen LogP contribution in [0, 0.1) is 28.6 Å². The summed E-state index contributed by atoms with van der Waals surface area (Å²) in [5.41, 5.74) is -2.26. The molecule has 7 atom stereocenters. The second-order valence-electron chi connectivity index (χ2n) is 11.6. The van der Waals surface area contributed by atoms with E-state index in [-0.39, 0.29) is 35.5 Å². The number of hydrogen-bond acceptors (Lipinski definition) is 6. The second-order valence-corrected chi connectivity index (χ2v) is 11.6. The molecule has 1 heterocycles. The lowest BCUT2D eigenvalue weighted by Gasteiger charge is -2.66. The molecule has 6 rings (SSSR count). The highest BCUT2D eigenvalue weighted by atomic mass is 16.6. The summed E-state index contributed by atoms with van der Waals surface area (Å²) in [6, 6.07) is 0. The van der Waals surface area contributed by atoms with E-state index in [1.165, 1.54) is 0 Å². The van der Waals surface area contributed by atoms with E-state index in [1.54, 1.807) is 19.9 Å². The second kappa shape index (κ2) is 6.46. The van der Waals surface area contributed by atoms with Crippen LogP contribution in [0.5, 0.6) is 0 Å². The molecule has 0 bridgehead atoms. The molecule has 0 aromatic rings. The minimum atomic E-state index is -1.87. The maximum atomic E-state index is 14.1. The van der Waals surface area contributed by atoms with Crippen molar-refractivity contribution in [3.63, 3.8) is 0 Å². The van der Waals surface area contributed by atoms with E-state index in [9.17, 15) is 24.6 Å². The van der Waals surface area contributed by atoms with Crippen molar-refractivity contribution in [1.82, 2.24) is 0 Å². The van der Waals surface area contributed by atoms with Gasteiger partial charge in [-0.1, -0.05) is 30.2 Å². The number of carbonyl (C=O) groups is 3. The van der Waals surface area contributed by atoms with Gasteiger partial charge in [0, 0.05) is 16.6 Å². The number of aliphatic hydroxyl groups is 2. The van der Waals surface area contributed by atoms with Crippen LogP contribution in [-0.4, -0.2) is 45.6 Å². The molecule has 0 saturated heterocycles. The number of Topliss-reactive ketones (excluding diaryl/α,β-unsaturated/α-hetero) is 1. The number of ether oxygens (including phenoxy) is 1. The van der Waals surface area contributed by atoms with E-state index in [4.69, 9.17) is 4.74 Å². The molecule has 0 radical (unpaired) electrons. The van der Waals surface area contributed by atoms with Gasteiger partial charge in [0.2, 0.25) is 11.4 Å². The first-order valence-electron chi connectivity index (χ1n) is 12.4. The lowest BCUT2D eigenvalue weighted by Crippen LogP contribution is -2.75. The van der Waals surface area contributed by atoms with Crippen LogP contribution in [0.2, 0.25) is 0 Å². The fraction of sp³-hybridized carbons (Fsp3) is 0.607. The first-order valence-corrected chi connectivity index (χ1v) is 12.4. The molecular weight excluding hydrogens is 432 g/mol. The number of rotatable bonds is 1. The minimum absolute atomic E-state index is 0.00138. The topological polar surface area (TPSA) is 101 Å². The number of fused-ring (bicyclic) bond motifs is 5. The standard InChI is InChI=1S/C28H32O6/c1-14-15(2)28(34-24(14)32)23(31)18(13-29)20-11-10-19-17-9-8-16-6-5-7-22(30)25(16,3)21(17)12-27(28,33)26(19,20)4/h5,7-8,17,19,21,29,33H,6,9-13H2,1-4H3. The molecule has 6 nitrogen and oxygen atoms in total. The molecule has 0 aromatic heterocycles. The molecule has 5 aliphatic carbocycles. The Hall–Kier alpha value is -2.31. The van der Waals surface area contributed by atoms with E-state index in [2.05, 4.69) is 6.08 Å². The van der Waals surface area contributed by atoms with Gasteiger partial charge in [0.25, 0.3) is 0 Å². The maximum absolute atomic E-state index is 14.1. The van der Waals surface area contributed by atoms with Gasteiger partial charge in [0.05, 0.1) is 12.0 Å². The van der Waals surface area contributed by atoms with Crippen LogP contribution < -0.4 is 0 Å². The van der Waals surface area contributed by atoms with Gasteiger partial charge in [0.1, 0.15) is 5.60 Å². The van der Waals surface area contributed by atoms with Crippen LogP contribution in [0.4, 0.5) is 0 Å². The molecule has 6 aliphatic rings. The van der Waals surface area contributed by atoms with Gasteiger partial charge in [0.15, 0.2) is 5.78 Å². The lowest BCUT2D eigenvalue weighted by molar-refractivity contribution is -0.244. The number of ketones is 2. The summed E-state index contributed by atoms with van der Waals surface area (Å²) in [6.07, 6.45) is 8.88. The average molecular weight is 465 g/mol. The Kier molecular flexibility index (Phi) is 4.22. The van der Waals surface area contributed by atoms with Crippen molar-refractivity contribution in [1.29, 1.82) is 0 Å². The summed E-state index contributed by atoms with van der Waals surface area (Å²) in [5.74, 6) is -1.09. The van der Waals surface area contributed by atoms with E-state index in [1.807, 2.05) is 19.9 Å². The molecule has 7 unspecified atom stereocenters. The maximum Gasteiger partial charge on any atom is 0.335 e. The number of esters is 1. The van der Waals surface area contributed by atoms with Crippen LogP contribution in [0.25, 0.3) is 0 Å². The highest BCUT2D eigenvalue weighted by Crippen LogP contribution is 2.73. The van der Waals surface area contributed by atoms with Gasteiger partial charge in [-0.2, -0.15) is 0 Å². The fourth-order valence-electron chi connectivity index (χ4n) is 9.02. The number of allylic oxidation sites excluding steroid dienone is 4. The average Bonchev–Trinajstić information content (AvgIpc) is 3.27.